The third-order valence-corrected chi connectivity index (χ3v) is 3.34. The SMILES string of the molecule is CN(C(=O)OC(C)(C)C)N(OC(=O)C1CCCC1)C(=O)OC(C)(C)C. The van der Waals surface area contributed by atoms with E-state index in [1.807, 2.05) is 0 Å². The fourth-order valence-corrected chi connectivity index (χ4v) is 2.25. The van der Waals surface area contributed by atoms with E-state index in [0.29, 0.717) is 18.0 Å². The van der Waals surface area contributed by atoms with Crippen LogP contribution in [0.25, 0.3) is 0 Å². The molecule has 25 heavy (non-hydrogen) atoms. The minimum Gasteiger partial charge on any atom is -0.442 e. The number of hydrazine groups is 1. The zero-order chi connectivity index (χ0) is 19.4. The van der Waals surface area contributed by atoms with Crippen molar-refractivity contribution in [2.75, 3.05) is 7.05 Å². The summed E-state index contributed by atoms with van der Waals surface area (Å²) in [6.45, 7) is 10.1. The second kappa shape index (κ2) is 7.93. The number of amides is 2. The lowest BCUT2D eigenvalue weighted by molar-refractivity contribution is -0.237. The Morgan fingerprint density at radius 3 is 1.72 bits per heavy atom. The van der Waals surface area contributed by atoms with Gasteiger partial charge in [-0.25, -0.2) is 14.4 Å². The van der Waals surface area contributed by atoms with Crippen molar-refractivity contribution in [3.8, 4) is 0 Å². The van der Waals surface area contributed by atoms with E-state index in [4.69, 9.17) is 14.3 Å². The normalized spacial score (nSPS) is 15.5. The van der Waals surface area contributed by atoms with Crippen molar-refractivity contribution in [1.82, 2.24) is 10.2 Å². The number of nitrogens with zero attached hydrogens (tertiary/aromatic N) is 2. The van der Waals surface area contributed by atoms with Crippen molar-refractivity contribution >= 4 is 18.2 Å². The van der Waals surface area contributed by atoms with E-state index in [0.717, 1.165) is 17.9 Å². The van der Waals surface area contributed by atoms with Crippen molar-refractivity contribution in [3.05, 3.63) is 0 Å². The Labute approximate surface area is 149 Å². The lowest BCUT2D eigenvalue weighted by atomic mass is 10.1. The highest BCUT2D eigenvalue weighted by Crippen LogP contribution is 2.26. The summed E-state index contributed by atoms with van der Waals surface area (Å²) in [7, 11) is 1.28. The molecule has 144 valence electrons. The smallest absolute Gasteiger partial charge is 0.442 e. The average Bonchev–Trinajstić information content (AvgIpc) is 2.93. The number of ether oxygens (including phenoxy) is 2. The summed E-state index contributed by atoms with van der Waals surface area (Å²) in [5.41, 5.74) is -1.58. The summed E-state index contributed by atoms with van der Waals surface area (Å²) in [4.78, 5) is 42.1. The lowest BCUT2D eigenvalue weighted by Crippen LogP contribution is -2.51. The number of hydrogen-bond acceptors (Lipinski definition) is 6. The van der Waals surface area contributed by atoms with Gasteiger partial charge in [0.05, 0.1) is 5.92 Å². The molecule has 0 aliphatic heterocycles. The Hall–Kier alpha value is -1.99. The Kier molecular flexibility index (Phi) is 6.68. The minimum atomic E-state index is -0.966. The van der Waals surface area contributed by atoms with Gasteiger partial charge in [-0.1, -0.05) is 12.8 Å². The molecule has 0 spiro atoms. The Morgan fingerprint density at radius 1 is 0.840 bits per heavy atom. The highest BCUT2D eigenvalue weighted by molar-refractivity contribution is 5.77. The molecule has 0 aromatic rings. The minimum absolute atomic E-state index is 0.281. The van der Waals surface area contributed by atoms with Crippen molar-refractivity contribution in [2.45, 2.75) is 78.4 Å². The van der Waals surface area contributed by atoms with E-state index in [1.54, 1.807) is 41.5 Å². The molecule has 0 N–H and O–H groups in total. The molecule has 1 aliphatic rings. The van der Waals surface area contributed by atoms with E-state index in [2.05, 4.69) is 0 Å². The zero-order valence-corrected chi connectivity index (χ0v) is 16.2. The largest absolute Gasteiger partial charge is 0.464 e. The molecule has 2 amide bonds. The average molecular weight is 358 g/mol. The Morgan fingerprint density at radius 2 is 1.28 bits per heavy atom. The molecule has 0 aromatic carbocycles. The standard InChI is InChI=1S/C17H30N2O6/c1-16(2,3)23-14(21)18(7)19(15(22)24-17(4,5)6)25-13(20)12-10-8-9-11-12/h12H,8-11H2,1-7H3. The van der Waals surface area contributed by atoms with E-state index in [9.17, 15) is 14.4 Å². The number of hydrogen-bond donors (Lipinski definition) is 0. The second-order valence-corrected chi connectivity index (χ2v) is 8.15. The topological polar surface area (TPSA) is 85.4 Å². The highest BCUT2D eigenvalue weighted by Gasteiger charge is 2.36. The van der Waals surface area contributed by atoms with Crippen molar-refractivity contribution in [1.29, 1.82) is 0 Å². The van der Waals surface area contributed by atoms with Gasteiger partial charge in [-0.2, -0.15) is 5.01 Å². The van der Waals surface area contributed by atoms with Crippen LogP contribution in [0.4, 0.5) is 9.59 Å². The fraction of sp³-hybridized carbons (Fsp3) is 0.824. The summed E-state index contributed by atoms with van der Waals surface area (Å²) in [5, 5.41) is 1.33. The molecular formula is C17H30N2O6. The van der Waals surface area contributed by atoms with E-state index in [-0.39, 0.29) is 5.92 Å². The van der Waals surface area contributed by atoms with Crippen molar-refractivity contribution < 1.29 is 28.7 Å². The van der Waals surface area contributed by atoms with Crippen LogP contribution in [0.2, 0.25) is 0 Å². The first-order valence-corrected chi connectivity index (χ1v) is 8.52. The maximum Gasteiger partial charge on any atom is 0.464 e. The van der Waals surface area contributed by atoms with Crippen LogP contribution in [0.3, 0.4) is 0 Å². The molecule has 0 bridgehead atoms. The van der Waals surface area contributed by atoms with Gasteiger partial charge in [0.2, 0.25) is 0 Å². The third-order valence-electron chi connectivity index (χ3n) is 3.34. The molecule has 0 saturated heterocycles. The van der Waals surface area contributed by atoms with Crippen LogP contribution in [0.5, 0.6) is 0 Å². The molecule has 0 radical (unpaired) electrons. The number of hydroxylamine groups is 1. The summed E-state index contributed by atoms with van der Waals surface area (Å²) in [6, 6.07) is 0. The number of carbonyl (C=O) groups excluding carboxylic acids is 3. The van der Waals surface area contributed by atoms with Gasteiger partial charge in [0, 0.05) is 7.05 Å². The summed E-state index contributed by atoms with van der Waals surface area (Å²) in [5.74, 6) is -0.837. The maximum atomic E-state index is 12.4. The first-order valence-electron chi connectivity index (χ1n) is 8.52. The van der Waals surface area contributed by atoms with Crippen LogP contribution in [-0.2, 0) is 19.1 Å². The van der Waals surface area contributed by atoms with Gasteiger partial charge in [-0.3, -0.25) is 0 Å². The maximum absolute atomic E-state index is 12.4. The van der Waals surface area contributed by atoms with Crippen LogP contribution in [0.1, 0.15) is 67.2 Å². The van der Waals surface area contributed by atoms with Crippen LogP contribution in [-0.4, -0.2) is 46.6 Å². The molecule has 0 aromatic heterocycles. The van der Waals surface area contributed by atoms with E-state index >= 15 is 0 Å². The fourth-order valence-electron chi connectivity index (χ4n) is 2.25. The third kappa shape index (κ3) is 7.19. The van der Waals surface area contributed by atoms with Gasteiger partial charge in [0.1, 0.15) is 11.2 Å². The number of carbonyl (C=O) groups is 3. The predicted octanol–water partition coefficient (Wildman–Crippen LogP) is 3.65. The molecule has 8 nitrogen and oxygen atoms in total. The van der Waals surface area contributed by atoms with Gasteiger partial charge in [0.15, 0.2) is 0 Å². The van der Waals surface area contributed by atoms with Gasteiger partial charge in [0.25, 0.3) is 0 Å². The van der Waals surface area contributed by atoms with E-state index in [1.165, 1.54) is 7.05 Å². The Balaban J connectivity index is 2.90. The first kappa shape index (κ1) is 21.1. The first-order chi connectivity index (χ1) is 11.3. The van der Waals surface area contributed by atoms with Crippen LogP contribution < -0.4 is 0 Å². The van der Waals surface area contributed by atoms with E-state index < -0.39 is 29.4 Å². The predicted molar refractivity (Wildman–Crippen MR) is 90.1 cm³/mol. The quantitative estimate of drug-likeness (QED) is 0.665. The monoisotopic (exact) mass is 358 g/mol. The molecule has 1 saturated carbocycles. The molecule has 8 heteroatoms. The van der Waals surface area contributed by atoms with Gasteiger partial charge in [-0.15, -0.1) is 0 Å². The number of rotatable bonds is 1. The summed E-state index contributed by atoms with van der Waals surface area (Å²) < 4.78 is 10.4. The zero-order valence-electron chi connectivity index (χ0n) is 16.2. The molecule has 1 rings (SSSR count). The molecular weight excluding hydrogens is 328 g/mol. The lowest BCUT2D eigenvalue weighted by Gasteiger charge is -2.32. The molecule has 0 atom stereocenters. The highest BCUT2D eigenvalue weighted by atomic mass is 16.8. The molecule has 1 aliphatic carbocycles. The van der Waals surface area contributed by atoms with Crippen LogP contribution in [0.15, 0.2) is 0 Å². The Bertz CT molecular complexity index is 500. The molecule has 1 fully saturated rings. The van der Waals surface area contributed by atoms with Crippen molar-refractivity contribution in [3.63, 3.8) is 0 Å². The summed E-state index contributed by atoms with van der Waals surface area (Å²) in [6.07, 6.45) is 1.49. The summed E-state index contributed by atoms with van der Waals surface area (Å²) >= 11 is 0. The van der Waals surface area contributed by atoms with Gasteiger partial charge >= 0.3 is 18.2 Å². The molecule has 0 unspecified atom stereocenters. The van der Waals surface area contributed by atoms with Crippen LogP contribution in [0, 0.1) is 5.92 Å². The van der Waals surface area contributed by atoms with Gasteiger partial charge in [-0.05, 0) is 59.6 Å². The van der Waals surface area contributed by atoms with Crippen LogP contribution >= 0.6 is 0 Å². The second-order valence-electron chi connectivity index (χ2n) is 8.15. The van der Waals surface area contributed by atoms with Crippen molar-refractivity contribution in [2.24, 2.45) is 5.92 Å². The van der Waals surface area contributed by atoms with Gasteiger partial charge < -0.3 is 14.3 Å². The molecule has 0 heterocycles.